The van der Waals surface area contributed by atoms with Crippen molar-refractivity contribution in [2.45, 2.75) is 71.0 Å². The Labute approximate surface area is 141 Å². The van der Waals surface area contributed by atoms with Crippen LogP contribution in [-0.2, 0) is 11.2 Å². The van der Waals surface area contributed by atoms with Crippen molar-refractivity contribution in [1.82, 2.24) is 15.1 Å². The minimum Gasteiger partial charge on any atom is -0.353 e. The van der Waals surface area contributed by atoms with Crippen molar-refractivity contribution in [1.29, 1.82) is 0 Å². The summed E-state index contributed by atoms with van der Waals surface area (Å²) in [6, 6.07) is 0.416. The number of carbonyl (C=O) groups is 1. The number of aryl methyl sites for hydroxylation is 1. The maximum atomic E-state index is 12.9. The van der Waals surface area contributed by atoms with Crippen molar-refractivity contribution >= 4 is 5.91 Å². The molecule has 2 aliphatic carbocycles. The van der Waals surface area contributed by atoms with E-state index in [2.05, 4.69) is 10.4 Å². The Morgan fingerprint density at radius 1 is 1.33 bits per heavy atom. The van der Waals surface area contributed by atoms with Crippen LogP contribution in [-0.4, -0.2) is 27.8 Å². The maximum Gasteiger partial charge on any atom is 0.333 e. The van der Waals surface area contributed by atoms with Crippen LogP contribution in [0, 0.1) is 25.7 Å². The Bertz CT molecular complexity index is 602. The number of aromatic nitrogens is 2. The average Bonchev–Trinajstić information content (AvgIpc) is 2.76. The molecule has 1 aromatic rings. The van der Waals surface area contributed by atoms with Crippen LogP contribution in [0.2, 0.25) is 0 Å². The van der Waals surface area contributed by atoms with Crippen molar-refractivity contribution in [3.63, 3.8) is 0 Å². The molecule has 2 bridgehead atoms. The smallest absolute Gasteiger partial charge is 0.333 e. The van der Waals surface area contributed by atoms with Gasteiger partial charge in [-0.05, 0) is 51.4 Å². The third kappa shape index (κ3) is 3.31. The van der Waals surface area contributed by atoms with Crippen LogP contribution in [0.1, 0.15) is 55.6 Å². The van der Waals surface area contributed by atoms with Crippen molar-refractivity contribution < 1.29 is 13.6 Å². The van der Waals surface area contributed by atoms with E-state index >= 15 is 0 Å². The van der Waals surface area contributed by atoms with Gasteiger partial charge in [0.15, 0.2) is 0 Å². The van der Waals surface area contributed by atoms with Gasteiger partial charge in [-0.2, -0.15) is 13.9 Å². The molecule has 0 radical (unpaired) electrons. The molecule has 0 saturated heterocycles. The van der Waals surface area contributed by atoms with Crippen LogP contribution in [0.3, 0.4) is 0 Å². The number of hydrogen-bond donors (Lipinski definition) is 2. The van der Waals surface area contributed by atoms with Crippen LogP contribution in [0.25, 0.3) is 0 Å². The molecule has 5 nitrogen and oxygen atoms in total. The number of alkyl halides is 2. The molecule has 2 unspecified atom stereocenters. The minimum atomic E-state index is -2.68. The molecule has 1 heterocycles. The number of nitrogens with one attached hydrogen (secondary N) is 1. The number of carbonyl (C=O) groups excluding carboxylic acids is 1. The number of fused-ring (bicyclic) bond motifs is 2. The molecule has 0 aromatic carbocycles. The average molecular weight is 340 g/mol. The van der Waals surface area contributed by atoms with Gasteiger partial charge in [0.05, 0.1) is 12.1 Å². The molecule has 3 N–H and O–H groups in total. The number of nitrogens with zero attached hydrogens (tertiary/aromatic N) is 2. The van der Waals surface area contributed by atoms with Crippen LogP contribution in [0.4, 0.5) is 8.78 Å². The lowest BCUT2D eigenvalue weighted by Crippen LogP contribution is -2.54. The largest absolute Gasteiger partial charge is 0.353 e. The lowest BCUT2D eigenvalue weighted by atomic mass is 9.67. The third-order valence-corrected chi connectivity index (χ3v) is 5.70. The maximum absolute atomic E-state index is 12.9. The normalized spacial score (nSPS) is 29.8. The SMILES string of the molecule is Cc1nn(C(F)F)c(C)c1CC(=O)NC1C2CCCC1CC(N)C2. The summed E-state index contributed by atoms with van der Waals surface area (Å²) in [6.45, 7) is 0.575. The van der Waals surface area contributed by atoms with Crippen LogP contribution < -0.4 is 11.1 Å². The molecule has 24 heavy (non-hydrogen) atoms. The first-order valence-electron chi connectivity index (χ1n) is 8.74. The zero-order chi connectivity index (χ0) is 17.4. The van der Waals surface area contributed by atoms with E-state index < -0.39 is 6.55 Å². The summed E-state index contributed by atoms with van der Waals surface area (Å²) < 4.78 is 26.5. The number of hydrogen-bond acceptors (Lipinski definition) is 3. The number of nitrogens with two attached hydrogens (primary N) is 1. The molecule has 3 rings (SSSR count). The number of halogens is 2. The fourth-order valence-corrected chi connectivity index (χ4v) is 4.57. The Morgan fingerprint density at radius 2 is 1.96 bits per heavy atom. The predicted molar refractivity (Wildman–Crippen MR) is 86.6 cm³/mol. The summed E-state index contributed by atoms with van der Waals surface area (Å²) >= 11 is 0. The van der Waals surface area contributed by atoms with Gasteiger partial charge in [0.25, 0.3) is 0 Å². The first kappa shape index (κ1) is 17.3. The molecule has 2 aliphatic rings. The van der Waals surface area contributed by atoms with E-state index in [4.69, 9.17) is 5.73 Å². The van der Waals surface area contributed by atoms with Gasteiger partial charge < -0.3 is 11.1 Å². The molecule has 2 fully saturated rings. The van der Waals surface area contributed by atoms with E-state index in [0.717, 1.165) is 25.7 Å². The Morgan fingerprint density at radius 3 is 2.50 bits per heavy atom. The van der Waals surface area contributed by atoms with Crippen molar-refractivity contribution in [2.75, 3.05) is 0 Å². The lowest BCUT2D eigenvalue weighted by molar-refractivity contribution is -0.122. The van der Waals surface area contributed by atoms with Gasteiger partial charge in [-0.25, -0.2) is 4.68 Å². The number of amides is 1. The van der Waals surface area contributed by atoms with Gasteiger partial charge in [-0.15, -0.1) is 0 Å². The Balaban J connectivity index is 1.68. The van der Waals surface area contributed by atoms with Crippen LogP contribution in [0.5, 0.6) is 0 Å². The molecule has 134 valence electrons. The monoisotopic (exact) mass is 340 g/mol. The van der Waals surface area contributed by atoms with Crippen molar-refractivity contribution in [3.8, 4) is 0 Å². The van der Waals surface area contributed by atoms with Gasteiger partial charge in [0, 0.05) is 23.3 Å². The van der Waals surface area contributed by atoms with Gasteiger partial charge in [-0.1, -0.05) is 6.42 Å². The topological polar surface area (TPSA) is 72.9 Å². The van der Waals surface area contributed by atoms with Crippen molar-refractivity contribution in [2.24, 2.45) is 17.6 Å². The summed E-state index contributed by atoms with van der Waals surface area (Å²) in [5.41, 5.74) is 7.58. The van der Waals surface area contributed by atoms with Crippen LogP contribution >= 0.6 is 0 Å². The molecule has 1 aromatic heterocycles. The summed E-state index contributed by atoms with van der Waals surface area (Å²) in [5, 5.41) is 7.01. The quantitative estimate of drug-likeness (QED) is 0.884. The molecular weight excluding hydrogens is 314 g/mol. The highest BCUT2D eigenvalue weighted by Crippen LogP contribution is 2.39. The van der Waals surface area contributed by atoms with Crippen molar-refractivity contribution in [3.05, 3.63) is 17.0 Å². The molecule has 0 spiro atoms. The molecular formula is C17H26F2N4O. The molecule has 0 aliphatic heterocycles. The van der Waals surface area contributed by atoms with E-state index in [1.807, 2.05) is 0 Å². The zero-order valence-corrected chi connectivity index (χ0v) is 14.3. The summed E-state index contributed by atoms with van der Waals surface area (Å²) in [5.74, 6) is 0.789. The highest BCUT2D eigenvalue weighted by molar-refractivity contribution is 5.79. The third-order valence-electron chi connectivity index (χ3n) is 5.70. The Hall–Kier alpha value is -1.50. The second-order valence-electron chi connectivity index (χ2n) is 7.32. The minimum absolute atomic E-state index is 0.104. The second kappa shape index (κ2) is 6.78. The van der Waals surface area contributed by atoms with Gasteiger partial charge in [-0.3, -0.25) is 4.79 Å². The molecule has 2 saturated carbocycles. The Kier molecular flexibility index (Phi) is 4.90. The van der Waals surface area contributed by atoms with Gasteiger partial charge >= 0.3 is 6.55 Å². The van der Waals surface area contributed by atoms with Gasteiger partial charge in [0.2, 0.25) is 5.91 Å². The number of rotatable bonds is 4. The highest BCUT2D eigenvalue weighted by Gasteiger charge is 2.39. The van der Waals surface area contributed by atoms with E-state index in [-0.39, 0.29) is 24.4 Å². The second-order valence-corrected chi connectivity index (χ2v) is 7.32. The first-order chi connectivity index (χ1) is 11.4. The lowest BCUT2D eigenvalue weighted by Gasteiger charge is -2.45. The van der Waals surface area contributed by atoms with E-state index in [9.17, 15) is 13.6 Å². The summed E-state index contributed by atoms with van der Waals surface area (Å²) in [7, 11) is 0. The zero-order valence-electron chi connectivity index (χ0n) is 14.3. The van der Waals surface area contributed by atoms with E-state index in [0.29, 0.717) is 33.5 Å². The summed E-state index contributed by atoms with van der Waals surface area (Å²) in [6.07, 6.45) is 5.44. The fraction of sp³-hybridized carbons (Fsp3) is 0.765. The van der Waals surface area contributed by atoms with E-state index in [1.165, 1.54) is 6.42 Å². The standard InChI is InChI=1S/C17H26F2N4O/c1-9-14(10(2)23(22-9)17(18)19)8-15(24)21-16-11-4-3-5-12(16)7-13(20)6-11/h11-13,16-17H,3-8,20H2,1-2H3,(H,21,24). The first-order valence-corrected chi connectivity index (χ1v) is 8.74. The van der Waals surface area contributed by atoms with Gasteiger partial charge in [0.1, 0.15) is 0 Å². The van der Waals surface area contributed by atoms with E-state index in [1.54, 1.807) is 13.8 Å². The molecule has 1 amide bonds. The highest BCUT2D eigenvalue weighted by atomic mass is 19.3. The van der Waals surface area contributed by atoms with Crippen LogP contribution in [0.15, 0.2) is 0 Å². The fourth-order valence-electron chi connectivity index (χ4n) is 4.57. The predicted octanol–water partition coefficient (Wildman–Crippen LogP) is 2.46. The molecule has 2 atom stereocenters. The summed E-state index contributed by atoms with van der Waals surface area (Å²) in [4.78, 5) is 12.5. The molecule has 7 heteroatoms.